The fraction of sp³-hybridized carbons (Fsp3) is 0.846. The number of nitrogens with zero attached hydrogens (tertiary/aromatic N) is 1. The average molecular weight is 259 g/mol. The summed E-state index contributed by atoms with van der Waals surface area (Å²) < 4.78 is 5.67. The van der Waals surface area contributed by atoms with Gasteiger partial charge in [-0.1, -0.05) is 13.8 Å². The van der Waals surface area contributed by atoms with Crippen LogP contribution in [0.25, 0.3) is 0 Å². The number of hydrogen-bond acceptors (Lipinski definition) is 2. The van der Waals surface area contributed by atoms with E-state index in [2.05, 4.69) is 52.2 Å². The molecule has 0 unspecified atom stereocenters. The molecular weight excluding hydrogens is 228 g/mol. The maximum absolute atomic E-state index is 5.67. The Labute approximate surface area is 141 Å². The first-order valence-corrected chi connectivity index (χ1v) is 9.32. The van der Waals surface area contributed by atoms with Crippen LogP contribution in [0.3, 0.4) is 0 Å². The molecule has 0 saturated heterocycles. The monoisotopic (exact) mass is 259 g/mol. The normalized spacial score (nSPS) is 11.0. The Morgan fingerprint density at radius 1 is 1.11 bits per heavy atom. The Kier molecular flexibility index (Phi) is 20.5. The molecule has 0 N–H and O–H groups in total. The van der Waals surface area contributed by atoms with Gasteiger partial charge in [-0.15, -0.1) is 5.41 Å². The second kappa shape index (κ2) is 13.3. The van der Waals surface area contributed by atoms with E-state index in [-0.39, 0.29) is 43.1 Å². The van der Waals surface area contributed by atoms with Gasteiger partial charge in [-0.2, -0.15) is 6.42 Å². The molecule has 0 rings (SSSR count). The summed E-state index contributed by atoms with van der Waals surface area (Å²) in [7, 11) is 2.79. The van der Waals surface area contributed by atoms with Gasteiger partial charge < -0.3 is 23.2 Å². The minimum absolute atomic E-state index is 0. The Morgan fingerprint density at radius 2 is 1.50 bits per heavy atom. The molecule has 0 atom stereocenters. The summed E-state index contributed by atoms with van der Waals surface area (Å²) in [5.74, 6) is 0. The van der Waals surface area contributed by atoms with E-state index in [1.54, 1.807) is 0 Å². The summed E-state index contributed by atoms with van der Waals surface area (Å²) in [5.41, 5.74) is 0.0697. The zero-order valence-electron chi connectivity index (χ0n) is 14.4. The van der Waals surface area contributed by atoms with Gasteiger partial charge in [0.15, 0.2) is 8.32 Å². The number of hydrogen-bond donors (Lipinski definition) is 0. The molecule has 0 spiro atoms. The predicted molar refractivity (Wildman–Crippen MR) is 77.0 cm³/mol. The second-order valence-corrected chi connectivity index (χ2v) is 10.7. The summed E-state index contributed by atoms with van der Waals surface area (Å²) >= 11 is 0. The first-order chi connectivity index (χ1) is 6.98. The molecule has 100 valence electrons. The van der Waals surface area contributed by atoms with Crippen LogP contribution in [-0.4, -0.2) is 40.5 Å². The maximum Gasteiger partial charge on any atom is 1.00 e. The van der Waals surface area contributed by atoms with Crippen LogP contribution >= 0.6 is 0 Å². The van der Waals surface area contributed by atoms with Crippen molar-refractivity contribution in [2.24, 2.45) is 5.41 Å². The van der Waals surface area contributed by atoms with Gasteiger partial charge in [0.25, 0.3) is 0 Å². The van der Waals surface area contributed by atoms with Crippen LogP contribution in [-0.2, 0) is 4.43 Å². The second-order valence-electron chi connectivity index (χ2n) is 6.22. The quantitative estimate of drug-likeness (QED) is 0.399. The maximum atomic E-state index is 5.67. The van der Waals surface area contributed by atoms with Crippen molar-refractivity contribution in [1.82, 2.24) is 4.90 Å². The van der Waals surface area contributed by atoms with Crippen LogP contribution in [0.4, 0.5) is 0 Å². The average Bonchev–Trinajstić information content (AvgIpc) is 1.99. The van der Waals surface area contributed by atoms with Gasteiger partial charge in [-0.25, -0.2) is 0 Å². The minimum Gasteiger partial charge on any atom is -0.420 e. The van der Waals surface area contributed by atoms with Gasteiger partial charge >= 0.3 is 37.7 Å². The largest absolute Gasteiger partial charge is 1.00 e. The first kappa shape index (κ1) is 27.6. The van der Waals surface area contributed by atoms with E-state index in [0.29, 0.717) is 0 Å². The van der Waals surface area contributed by atoms with Crippen molar-refractivity contribution in [1.29, 1.82) is 0 Å². The fourth-order valence-electron chi connectivity index (χ4n) is 0.728. The van der Waals surface area contributed by atoms with Crippen molar-refractivity contribution >= 4 is 8.32 Å². The molecule has 0 aromatic carbocycles. The molecule has 18 heavy (non-hydrogen) atoms. The van der Waals surface area contributed by atoms with Gasteiger partial charge in [0.1, 0.15) is 0 Å². The van der Waals surface area contributed by atoms with Gasteiger partial charge in [0, 0.05) is 6.61 Å². The van der Waals surface area contributed by atoms with Crippen LogP contribution < -0.4 is 37.7 Å². The SMILES string of the molecule is [CH2-]C(C)(C)CO[Si](C)(C)C.[CH2-]CCN(C)C.[Li+].[Li+]. The van der Waals surface area contributed by atoms with Gasteiger partial charge in [0.2, 0.25) is 0 Å². The Balaban J connectivity index is -0.000000108. The molecule has 0 bridgehead atoms. The Hall–Kier alpha value is 1.33. The standard InChI is InChI=1S/C8H19OSi.C5H12N.2Li/c1-8(2,3)7-9-10(4,5)6;1-4-5-6(2)3;;/h1,7H2,2-6H3;1,4-5H2,2-3H3;;/q2*-1;2*+1. The van der Waals surface area contributed by atoms with Gasteiger partial charge in [-0.05, 0) is 40.3 Å². The van der Waals surface area contributed by atoms with Crippen molar-refractivity contribution < 1.29 is 42.1 Å². The fourth-order valence-corrected chi connectivity index (χ4v) is 1.55. The van der Waals surface area contributed by atoms with Crippen molar-refractivity contribution in [2.45, 2.75) is 39.9 Å². The molecule has 2 nitrogen and oxygen atoms in total. The first-order valence-electron chi connectivity index (χ1n) is 5.91. The van der Waals surface area contributed by atoms with E-state index in [1.807, 2.05) is 14.1 Å². The van der Waals surface area contributed by atoms with E-state index in [9.17, 15) is 0 Å². The molecule has 0 saturated carbocycles. The van der Waals surface area contributed by atoms with Crippen LogP contribution in [0.15, 0.2) is 0 Å². The minimum atomic E-state index is -1.31. The molecule has 0 radical (unpaired) electrons. The summed E-state index contributed by atoms with van der Waals surface area (Å²) in [6, 6.07) is 0. The van der Waals surface area contributed by atoms with Crippen LogP contribution in [0.5, 0.6) is 0 Å². The molecule has 0 fully saturated rings. The molecule has 0 aromatic rings. The molecule has 0 aliphatic carbocycles. The zero-order chi connectivity index (χ0) is 13.4. The molecule has 0 heterocycles. The van der Waals surface area contributed by atoms with Gasteiger partial charge in [-0.3, -0.25) is 0 Å². The summed E-state index contributed by atoms with van der Waals surface area (Å²) in [6.45, 7) is 20.3. The van der Waals surface area contributed by atoms with Crippen LogP contribution in [0.2, 0.25) is 19.6 Å². The Morgan fingerprint density at radius 3 is 1.56 bits per heavy atom. The van der Waals surface area contributed by atoms with Crippen molar-refractivity contribution in [3.8, 4) is 0 Å². The zero-order valence-corrected chi connectivity index (χ0v) is 15.4. The van der Waals surface area contributed by atoms with Gasteiger partial charge in [0.05, 0.1) is 0 Å². The Bertz CT molecular complexity index is 151. The molecule has 5 heteroatoms. The summed E-state index contributed by atoms with van der Waals surface area (Å²) in [5, 5.41) is 0. The van der Waals surface area contributed by atoms with E-state index in [4.69, 9.17) is 4.43 Å². The molecule has 0 aliphatic rings. The van der Waals surface area contributed by atoms with E-state index < -0.39 is 8.32 Å². The smallest absolute Gasteiger partial charge is 0.420 e. The van der Waals surface area contributed by atoms with Crippen molar-refractivity contribution in [3.63, 3.8) is 0 Å². The molecule has 0 amide bonds. The van der Waals surface area contributed by atoms with Crippen LogP contribution in [0.1, 0.15) is 20.3 Å². The summed E-state index contributed by atoms with van der Waals surface area (Å²) in [4.78, 5) is 2.12. The third-order valence-corrected chi connectivity index (χ3v) is 2.51. The number of rotatable bonds is 5. The summed E-state index contributed by atoms with van der Waals surface area (Å²) in [6.07, 6.45) is 1.01. The third-order valence-electron chi connectivity index (χ3n) is 1.50. The van der Waals surface area contributed by atoms with E-state index in [1.165, 1.54) is 0 Å². The molecule has 0 aliphatic heterocycles. The third kappa shape index (κ3) is 36.0. The topological polar surface area (TPSA) is 12.5 Å². The molecule has 0 aromatic heterocycles. The van der Waals surface area contributed by atoms with Crippen molar-refractivity contribution in [2.75, 3.05) is 27.2 Å². The van der Waals surface area contributed by atoms with E-state index >= 15 is 0 Å². The van der Waals surface area contributed by atoms with Crippen LogP contribution in [0, 0.1) is 19.3 Å². The van der Waals surface area contributed by atoms with Crippen molar-refractivity contribution in [3.05, 3.63) is 13.8 Å². The van der Waals surface area contributed by atoms with E-state index in [0.717, 1.165) is 19.6 Å². The predicted octanol–water partition coefficient (Wildman–Crippen LogP) is -2.52. The molecular formula is C13H31Li2NOSi.